The molecule has 3 aromatic carbocycles. The highest BCUT2D eigenvalue weighted by Crippen LogP contribution is 2.38. The molecule has 3 aromatic rings. The van der Waals surface area contributed by atoms with Crippen molar-refractivity contribution in [2.75, 3.05) is 23.8 Å². The third-order valence-corrected chi connectivity index (χ3v) is 6.74. The summed E-state index contributed by atoms with van der Waals surface area (Å²) in [5.41, 5.74) is 4.19. The lowest BCUT2D eigenvalue weighted by molar-refractivity contribution is -0.139. The van der Waals surface area contributed by atoms with E-state index in [1.54, 1.807) is 6.07 Å². The summed E-state index contributed by atoms with van der Waals surface area (Å²) in [6.45, 7) is 0.186. The van der Waals surface area contributed by atoms with Crippen molar-refractivity contribution in [2.24, 2.45) is 0 Å². The summed E-state index contributed by atoms with van der Waals surface area (Å²) in [7, 11) is 0. The van der Waals surface area contributed by atoms with Gasteiger partial charge in [-0.05, 0) is 29.7 Å². The minimum atomic E-state index is -1.02. The van der Waals surface area contributed by atoms with Crippen LogP contribution in [-0.2, 0) is 16.0 Å². The SMILES string of the molecule is O=C(O)COc1cccc2c1CCC(=O)N2CCSC(c1ccccc1)c1ccccc1. The Bertz CT molecular complexity index is 1030. The number of anilines is 1. The maximum absolute atomic E-state index is 12.7. The first kappa shape index (κ1) is 22.0. The van der Waals surface area contributed by atoms with Crippen molar-refractivity contribution in [1.82, 2.24) is 0 Å². The van der Waals surface area contributed by atoms with Gasteiger partial charge >= 0.3 is 5.97 Å². The average molecular weight is 448 g/mol. The van der Waals surface area contributed by atoms with Crippen molar-refractivity contribution in [3.05, 3.63) is 95.6 Å². The van der Waals surface area contributed by atoms with Crippen LogP contribution in [0, 0.1) is 0 Å². The van der Waals surface area contributed by atoms with E-state index in [1.165, 1.54) is 11.1 Å². The predicted octanol–water partition coefficient (Wildman–Crippen LogP) is 4.95. The van der Waals surface area contributed by atoms with Crippen LogP contribution in [0.25, 0.3) is 0 Å². The third-order valence-electron chi connectivity index (χ3n) is 5.44. The number of carboxylic acids is 1. The number of benzene rings is 3. The molecule has 32 heavy (non-hydrogen) atoms. The summed E-state index contributed by atoms with van der Waals surface area (Å²) in [6, 6.07) is 26.3. The smallest absolute Gasteiger partial charge is 0.341 e. The molecule has 0 atom stereocenters. The van der Waals surface area contributed by atoms with Crippen molar-refractivity contribution in [3.8, 4) is 5.75 Å². The Morgan fingerprint density at radius 1 is 0.938 bits per heavy atom. The van der Waals surface area contributed by atoms with Gasteiger partial charge in [0.1, 0.15) is 5.75 Å². The summed E-state index contributed by atoms with van der Waals surface area (Å²) in [4.78, 5) is 25.4. The molecular weight excluding hydrogens is 422 g/mol. The normalized spacial score (nSPS) is 13.2. The molecular formula is C26H25NO4S. The van der Waals surface area contributed by atoms with E-state index >= 15 is 0 Å². The van der Waals surface area contributed by atoms with Gasteiger partial charge < -0.3 is 14.7 Å². The lowest BCUT2D eigenvalue weighted by Crippen LogP contribution is -2.37. The van der Waals surface area contributed by atoms with Gasteiger partial charge in [0.15, 0.2) is 6.61 Å². The summed E-state index contributed by atoms with van der Waals surface area (Å²) in [5, 5.41) is 9.12. The Balaban J connectivity index is 1.50. The van der Waals surface area contributed by atoms with Crippen LogP contribution in [0.5, 0.6) is 5.75 Å². The molecule has 1 aliphatic heterocycles. The molecule has 4 rings (SSSR count). The van der Waals surface area contributed by atoms with Crippen LogP contribution in [0.4, 0.5) is 5.69 Å². The van der Waals surface area contributed by atoms with Gasteiger partial charge in [-0.2, -0.15) is 0 Å². The van der Waals surface area contributed by atoms with Gasteiger partial charge in [0.2, 0.25) is 5.91 Å². The highest BCUT2D eigenvalue weighted by Gasteiger charge is 2.27. The van der Waals surface area contributed by atoms with Gasteiger partial charge in [0.05, 0.1) is 10.9 Å². The zero-order valence-corrected chi connectivity index (χ0v) is 18.5. The monoisotopic (exact) mass is 447 g/mol. The molecule has 5 nitrogen and oxygen atoms in total. The molecule has 0 saturated heterocycles. The van der Waals surface area contributed by atoms with Crippen LogP contribution in [0.2, 0.25) is 0 Å². The number of hydrogen-bond donors (Lipinski definition) is 1. The highest BCUT2D eigenvalue weighted by molar-refractivity contribution is 7.99. The second-order valence-electron chi connectivity index (χ2n) is 7.55. The topological polar surface area (TPSA) is 66.8 Å². The fourth-order valence-electron chi connectivity index (χ4n) is 3.98. The molecule has 0 fully saturated rings. The standard InChI is InChI=1S/C26H25NO4S/c28-24-15-14-21-22(12-7-13-23(21)31-18-25(29)30)27(24)16-17-32-26(19-8-3-1-4-9-19)20-10-5-2-6-11-20/h1-13,26H,14-18H2,(H,29,30). The highest BCUT2D eigenvalue weighted by atomic mass is 32.2. The van der Waals surface area contributed by atoms with Crippen LogP contribution in [0.15, 0.2) is 78.9 Å². The zero-order valence-electron chi connectivity index (χ0n) is 17.6. The Morgan fingerprint density at radius 2 is 1.59 bits per heavy atom. The summed E-state index contributed by atoms with van der Waals surface area (Å²) < 4.78 is 5.47. The predicted molar refractivity (Wildman–Crippen MR) is 127 cm³/mol. The molecule has 164 valence electrons. The summed E-state index contributed by atoms with van der Waals surface area (Å²) in [5.74, 6) is 0.376. The van der Waals surface area contributed by atoms with Crippen molar-refractivity contribution in [2.45, 2.75) is 18.1 Å². The van der Waals surface area contributed by atoms with Crippen molar-refractivity contribution >= 4 is 29.3 Å². The Morgan fingerprint density at radius 3 is 2.22 bits per heavy atom. The van der Waals surface area contributed by atoms with E-state index < -0.39 is 12.6 Å². The Labute approximate surface area is 192 Å². The molecule has 0 saturated carbocycles. The van der Waals surface area contributed by atoms with Crippen LogP contribution in [0.3, 0.4) is 0 Å². The first-order valence-corrected chi connectivity index (χ1v) is 11.7. The quantitative estimate of drug-likeness (QED) is 0.503. The number of rotatable bonds is 9. The van der Waals surface area contributed by atoms with E-state index in [0.29, 0.717) is 25.1 Å². The third kappa shape index (κ3) is 5.14. The van der Waals surface area contributed by atoms with E-state index in [0.717, 1.165) is 17.0 Å². The van der Waals surface area contributed by atoms with Crippen molar-refractivity contribution < 1.29 is 19.4 Å². The van der Waals surface area contributed by atoms with Gasteiger partial charge in [-0.15, -0.1) is 11.8 Å². The molecule has 0 aromatic heterocycles. The summed E-state index contributed by atoms with van der Waals surface area (Å²) in [6.07, 6.45) is 0.955. The summed E-state index contributed by atoms with van der Waals surface area (Å²) >= 11 is 1.81. The van der Waals surface area contributed by atoms with Crippen LogP contribution < -0.4 is 9.64 Å². The van der Waals surface area contributed by atoms with Crippen LogP contribution in [-0.4, -0.2) is 35.9 Å². The lowest BCUT2D eigenvalue weighted by Gasteiger charge is -2.31. The number of thioether (sulfide) groups is 1. The van der Waals surface area contributed by atoms with Gasteiger partial charge in [-0.1, -0.05) is 66.7 Å². The fourth-order valence-corrected chi connectivity index (χ4v) is 5.20. The second-order valence-corrected chi connectivity index (χ2v) is 8.77. The minimum Gasteiger partial charge on any atom is -0.482 e. The number of carboxylic acid groups (broad SMARTS) is 1. The van der Waals surface area contributed by atoms with Crippen molar-refractivity contribution in [3.63, 3.8) is 0 Å². The zero-order chi connectivity index (χ0) is 22.3. The second kappa shape index (κ2) is 10.4. The molecule has 0 spiro atoms. The van der Waals surface area contributed by atoms with Gasteiger partial charge in [-0.3, -0.25) is 4.79 Å². The van der Waals surface area contributed by atoms with Gasteiger partial charge in [-0.25, -0.2) is 4.79 Å². The van der Waals surface area contributed by atoms with E-state index in [1.807, 2.05) is 40.9 Å². The number of carbonyl (C=O) groups excluding carboxylic acids is 1. The molecule has 1 heterocycles. The molecule has 6 heteroatoms. The maximum atomic E-state index is 12.7. The fraction of sp³-hybridized carbons (Fsp3) is 0.231. The van der Waals surface area contributed by atoms with Gasteiger partial charge in [0.25, 0.3) is 0 Å². The largest absolute Gasteiger partial charge is 0.482 e. The molecule has 0 bridgehead atoms. The van der Waals surface area contributed by atoms with E-state index in [4.69, 9.17) is 9.84 Å². The first-order chi connectivity index (χ1) is 15.6. The molecule has 1 amide bonds. The lowest BCUT2D eigenvalue weighted by atomic mass is 10.00. The number of nitrogens with zero attached hydrogens (tertiary/aromatic N) is 1. The minimum absolute atomic E-state index is 0.0875. The van der Waals surface area contributed by atoms with Crippen LogP contribution in [0.1, 0.15) is 28.4 Å². The van der Waals surface area contributed by atoms with E-state index in [-0.39, 0.29) is 11.2 Å². The first-order valence-electron chi connectivity index (χ1n) is 10.6. The maximum Gasteiger partial charge on any atom is 0.341 e. The van der Waals surface area contributed by atoms with E-state index in [2.05, 4.69) is 48.5 Å². The molecule has 0 radical (unpaired) electrons. The van der Waals surface area contributed by atoms with Crippen molar-refractivity contribution in [1.29, 1.82) is 0 Å². The Hall–Kier alpha value is -3.25. The molecule has 1 aliphatic rings. The number of amides is 1. The Kier molecular flexibility index (Phi) is 7.12. The van der Waals surface area contributed by atoms with Gasteiger partial charge in [0, 0.05) is 24.3 Å². The molecule has 0 aliphatic carbocycles. The number of hydrogen-bond acceptors (Lipinski definition) is 4. The van der Waals surface area contributed by atoms with Crippen LogP contribution >= 0.6 is 11.8 Å². The number of fused-ring (bicyclic) bond motifs is 1. The molecule has 0 unspecified atom stereocenters. The number of carbonyl (C=O) groups is 2. The number of ether oxygens (including phenoxy) is 1. The van der Waals surface area contributed by atoms with E-state index in [9.17, 15) is 9.59 Å². The number of aliphatic carboxylic acids is 1. The molecule has 1 N–H and O–H groups in total. The average Bonchev–Trinajstić information content (AvgIpc) is 2.82.